The molecule has 2 aromatic carbocycles. The number of carbonyl (C=O) groups is 4. The van der Waals surface area contributed by atoms with Crippen molar-refractivity contribution in [1.29, 1.82) is 5.26 Å². The van der Waals surface area contributed by atoms with E-state index < -0.39 is 95.5 Å². The monoisotopic (exact) mass is 2310 g/mol. The SMILES string of the molecule is C.C.Cc1sc(C(=O)c2cncnc2C[C@@H]2C[C@H](COS(N)(=O)=O)[C@@H](O)C2)cc1Cn1cc(Br)cc1C#N.NS(=O)(=O)OC[C@H]1C[C@@H](Cc2ncncc2C(=O)c2cc(CSc3ccccc3Cl)cs2)C[C@@H]1O.NS(=O)(=O)OC[C@H]1C[C@@H](Nc2ncncc2C(=O)c2cc(C(O)C#CC3CC3)c(Cl)s2)C[C@@H]1O.NS(=O)(=O)OC[C@H]1C[C@@H](Nc2ncncc2C(=O)c2cc(C(O)c3cc(Cl)ccc3Cl)c(Cl)s2)C[C@@H]1O. The van der Waals surface area contributed by atoms with E-state index >= 15 is 0 Å². The highest BCUT2D eigenvalue weighted by Crippen LogP contribution is 2.44. The van der Waals surface area contributed by atoms with E-state index in [9.17, 15) is 88.8 Å². The predicted octanol–water partition coefficient (Wildman–Crippen LogP) is 13.1. The molecule has 0 aliphatic heterocycles. The number of nitrogens with one attached hydrogen (secondary N) is 2. The van der Waals surface area contributed by atoms with Crippen LogP contribution in [0.3, 0.4) is 0 Å². The van der Waals surface area contributed by atoms with Crippen LogP contribution in [0.15, 0.2) is 144 Å². The minimum absolute atomic E-state index is 0. The summed E-state index contributed by atoms with van der Waals surface area (Å²) in [6.45, 7) is 1.54. The smallest absolute Gasteiger partial charge is 0.333 e. The fraction of sp³-hybridized carbons (Fsp3) is 0.396. The molecule has 0 amide bonds. The van der Waals surface area contributed by atoms with Crippen LogP contribution in [0.4, 0.5) is 11.6 Å². The van der Waals surface area contributed by atoms with E-state index in [0.29, 0.717) is 151 Å². The van der Waals surface area contributed by atoms with Crippen molar-refractivity contribution in [2.24, 2.45) is 62.0 Å². The van der Waals surface area contributed by atoms with Gasteiger partial charge in [0, 0.05) is 126 Å². The number of benzene rings is 2. The van der Waals surface area contributed by atoms with Crippen molar-refractivity contribution in [3.05, 3.63) is 254 Å². The number of nitrogens with two attached hydrogens (primary N) is 4. The lowest BCUT2D eigenvalue weighted by atomic mass is 9.96. The molecule has 144 heavy (non-hydrogen) atoms. The molecule has 16 N–H and O–H groups in total. The van der Waals surface area contributed by atoms with Gasteiger partial charge in [-0.3, -0.25) is 35.9 Å². The van der Waals surface area contributed by atoms with Gasteiger partial charge in [-0.05, 0) is 189 Å². The van der Waals surface area contributed by atoms with Gasteiger partial charge in [-0.25, -0.2) is 60.4 Å². The molecule has 0 saturated heterocycles. The molecule has 9 aromatic heterocycles. The predicted molar refractivity (Wildman–Crippen MR) is 551 cm³/mol. The summed E-state index contributed by atoms with van der Waals surface area (Å²) in [5.74, 6) is 4.50. The molecule has 53 heteroatoms. The van der Waals surface area contributed by atoms with Crippen molar-refractivity contribution in [2.75, 3.05) is 37.1 Å². The Hall–Kier alpha value is -8.31. The highest BCUT2D eigenvalue weighted by Gasteiger charge is 2.41. The maximum absolute atomic E-state index is 13.4. The lowest BCUT2D eigenvalue weighted by Crippen LogP contribution is -2.24. The summed E-state index contributed by atoms with van der Waals surface area (Å²) in [5.41, 5.74) is 5.87. The number of hydrogen-bond acceptors (Lipinski definition) is 38. The minimum Gasteiger partial charge on any atom is -0.393 e. The third-order valence-electron chi connectivity index (χ3n) is 23.6. The zero-order chi connectivity index (χ0) is 102. The summed E-state index contributed by atoms with van der Waals surface area (Å²) in [5, 5.41) is 101. The number of thiophene rings is 4. The van der Waals surface area contributed by atoms with E-state index in [2.05, 4.69) is 101 Å². The molecule has 38 nitrogen and oxygen atoms in total. The molecule has 5 fully saturated rings. The van der Waals surface area contributed by atoms with Gasteiger partial charge in [0.15, 0.2) is 0 Å². The minimum atomic E-state index is -4.13. The number of carbonyl (C=O) groups excluding carboxylic acids is 4. The van der Waals surface area contributed by atoms with Gasteiger partial charge < -0.3 is 45.8 Å². The molecule has 0 spiro atoms. The highest BCUT2D eigenvalue weighted by molar-refractivity contribution is 9.10. The van der Waals surface area contributed by atoms with Gasteiger partial charge in [-0.2, -0.15) is 38.9 Å². The number of aryl methyl sites for hydroxylation is 1. The van der Waals surface area contributed by atoms with Crippen LogP contribution < -0.4 is 31.2 Å². The highest BCUT2D eigenvalue weighted by atomic mass is 79.9. The number of hydrogen-bond donors (Lipinski definition) is 12. The lowest BCUT2D eigenvalue weighted by Gasteiger charge is -2.15. The van der Waals surface area contributed by atoms with Crippen molar-refractivity contribution >= 4 is 207 Å². The largest absolute Gasteiger partial charge is 0.393 e. The van der Waals surface area contributed by atoms with Crippen LogP contribution in [0.5, 0.6) is 0 Å². The Balaban J connectivity index is 0.000000182. The van der Waals surface area contributed by atoms with Crippen molar-refractivity contribution in [3.8, 4) is 17.9 Å². The van der Waals surface area contributed by atoms with E-state index in [1.54, 1.807) is 30.0 Å². The molecule has 772 valence electrons. The first-order valence-corrected chi connectivity index (χ1v) is 56.2. The van der Waals surface area contributed by atoms with Gasteiger partial charge in [-0.1, -0.05) is 96.8 Å². The molecule has 0 radical (unpaired) electrons. The van der Waals surface area contributed by atoms with Crippen LogP contribution >= 0.6 is 131 Å². The van der Waals surface area contributed by atoms with Crippen molar-refractivity contribution in [2.45, 2.75) is 165 Å². The molecule has 0 bridgehead atoms. The Morgan fingerprint density at radius 1 is 0.549 bits per heavy atom. The average molecular weight is 2320 g/mol. The second-order valence-corrected chi connectivity index (χ2v) is 47.6. The van der Waals surface area contributed by atoms with Crippen LogP contribution in [-0.2, 0) is 83.1 Å². The van der Waals surface area contributed by atoms with E-state index in [1.165, 1.54) is 91.0 Å². The first-order valence-electron chi connectivity index (χ1n) is 43.3. The van der Waals surface area contributed by atoms with Crippen molar-refractivity contribution < 1.29 is 100 Å². The zero-order valence-electron chi connectivity index (χ0n) is 74.5. The number of thioether (sulfide) groups is 1. The molecule has 5 saturated carbocycles. The summed E-state index contributed by atoms with van der Waals surface area (Å²) in [6.07, 6.45) is 13.8. The fourth-order valence-electron chi connectivity index (χ4n) is 16.5. The number of halogens is 6. The Kier molecular flexibility index (Phi) is 41.7. The van der Waals surface area contributed by atoms with E-state index in [0.717, 1.165) is 60.9 Å². The van der Waals surface area contributed by atoms with Crippen LogP contribution in [-0.4, -0.2) is 195 Å². The molecular weight excluding hydrogens is 2210 g/mol. The Morgan fingerprint density at radius 2 is 0.993 bits per heavy atom. The zero-order valence-corrected chi connectivity index (χ0v) is 87.2. The quantitative estimate of drug-likeness (QED) is 0.00985. The number of aliphatic hydroxyl groups excluding tert-OH is 6. The summed E-state index contributed by atoms with van der Waals surface area (Å²) >= 11 is 40.9. The Bertz CT molecular complexity index is 7030. The van der Waals surface area contributed by atoms with Gasteiger partial charge in [0.25, 0.3) is 0 Å². The van der Waals surface area contributed by atoms with E-state index in [-0.39, 0.29) is 137 Å². The number of aromatic nitrogens is 9. The molecule has 11 aromatic rings. The van der Waals surface area contributed by atoms with Crippen molar-refractivity contribution in [1.82, 2.24) is 44.4 Å². The molecule has 2 unspecified atom stereocenters. The first-order chi connectivity index (χ1) is 67.3. The molecule has 14 atom stereocenters. The number of ketones is 4. The molecule has 9 heterocycles. The second kappa shape index (κ2) is 51.7. The normalized spacial score (nSPS) is 20.7. The van der Waals surface area contributed by atoms with Crippen LogP contribution in [0.1, 0.15) is 202 Å². The molecule has 5 aliphatic rings. The molecular formula is C91H100BrCl5N16O22S9. The third kappa shape index (κ3) is 32.8. The average Bonchev–Trinajstić information content (AvgIpc) is 1.66. The first kappa shape index (κ1) is 116. The fourth-order valence-corrected chi connectivity index (χ4v) is 24.5. The number of anilines is 2. The Labute approximate surface area is 885 Å². The summed E-state index contributed by atoms with van der Waals surface area (Å²) in [6, 6.07) is 22.3. The number of aliphatic hydroxyl groups is 6. The number of nitriles is 1. The maximum atomic E-state index is 13.4. The standard InChI is InChI=1S/C23H24BrN5O5S2.C23H24ClN3O5S3.C22H21Cl3N4O6S2.C21H23ClN4O6S2.2CH4/c1-13-15(9-29-10-17(24)6-18(29)7-25)5-22(35-13)23(31)19-8-27-12-28-20(19)3-14-2-16(21(30)4-14)11-34-36(26,32)33;24-18-3-1-2-4-21(18)33-11-15-8-22(34-12-15)23(29)17-9-26-13-27-19(17)6-14-5-16(20(28)7-14)10-32-35(25,30)31;23-11-1-2-16(24)13(4-11)19(31)14-6-18(36-21(14)25)20(32)15-7-27-9-28-22(15)29-12-3-10(17(30)5-12)8-35-37(26,33)34;22-20-14(16(27)4-3-11-1-2-11)7-18(33-20)19(29)15-8-24-10-25-21(15)26-13-5-12(17(28)6-13)9-32-34(23,30)31;;/h5-6,8,10,12,14,16,21,30H,2-4,9,11H2,1H3,(H2,26,32,33);1-4,8-9,12-14,16,20,28H,5-7,10-11H2,(H2,25,30,31);1-2,4,6-7,9-10,12,17,19,30-31H,3,5,8H2,(H2,26,33,34)(H,27,28,29);7-8,10-13,16-17,27-28H,1-2,5-6,9H2,(H2,23,30,31)(H,24,25,26);2*1H4/t14-,16+,21-;14-,16+,20-;10-,12-,17+,19?;12-,13-,16?,17+;;/m0011../s1. The van der Waals surface area contributed by atoms with Crippen LogP contribution in [0, 0.1) is 71.5 Å². The van der Waals surface area contributed by atoms with Gasteiger partial charge in [0.1, 0.15) is 65.3 Å². The number of nitrogens with zero attached hydrogens (tertiary/aromatic N) is 10. The van der Waals surface area contributed by atoms with Crippen LogP contribution in [0.25, 0.3) is 0 Å². The van der Waals surface area contributed by atoms with Crippen LogP contribution in [0.2, 0.25) is 23.7 Å². The van der Waals surface area contributed by atoms with Crippen molar-refractivity contribution in [3.63, 3.8) is 0 Å². The summed E-state index contributed by atoms with van der Waals surface area (Å²) < 4.78 is 110. The third-order valence-corrected chi connectivity index (χ3v) is 32.9. The maximum Gasteiger partial charge on any atom is 0.333 e. The summed E-state index contributed by atoms with van der Waals surface area (Å²) in [4.78, 5) is 90.0. The lowest BCUT2D eigenvalue weighted by molar-refractivity contribution is 0.0997. The Morgan fingerprint density at radius 3 is 1.48 bits per heavy atom. The summed E-state index contributed by atoms with van der Waals surface area (Å²) in [7, 11) is -16.4. The van der Waals surface area contributed by atoms with Gasteiger partial charge >= 0.3 is 41.2 Å². The van der Waals surface area contributed by atoms with E-state index in [1.807, 2.05) is 59.5 Å². The molecule has 5 aliphatic carbocycles. The van der Waals surface area contributed by atoms with E-state index in [4.69, 9.17) is 78.6 Å². The van der Waals surface area contributed by atoms with Gasteiger partial charge in [0.05, 0.1) is 113 Å². The number of rotatable bonds is 36. The second-order valence-electron chi connectivity index (χ2n) is 34.0. The van der Waals surface area contributed by atoms with Gasteiger partial charge in [0.2, 0.25) is 23.1 Å². The molecule has 16 rings (SSSR count). The van der Waals surface area contributed by atoms with Gasteiger partial charge in [-0.15, -0.1) is 57.1 Å². The topological polar surface area (TPSA) is 623 Å².